The average Bonchev–Trinajstić information content (AvgIpc) is 2.66. The number of hydrogen-bond acceptors (Lipinski definition) is 2. The molecule has 0 atom stereocenters. The van der Waals surface area contributed by atoms with Crippen molar-refractivity contribution >= 4 is 5.69 Å². The molecule has 0 saturated carbocycles. The molecule has 0 amide bonds. The molecule has 0 aliphatic heterocycles. The highest BCUT2D eigenvalue weighted by atomic mass is 19.1. The van der Waals surface area contributed by atoms with Gasteiger partial charge in [-0.15, -0.1) is 0 Å². The molecular formula is C12H12F3N3. The van der Waals surface area contributed by atoms with Crippen molar-refractivity contribution in [2.45, 2.75) is 19.9 Å². The first-order valence-electron chi connectivity index (χ1n) is 5.39. The summed E-state index contributed by atoms with van der Waals surface area (Å²) in [6.07, 6.45) is 1.17. The molecule has 6 heteroatoms. The molecule has 0 unspecified atom stereocenters. The Kier molecular flexibility index (Phi) is 3.02. The fourth-order valence-corrected chi connectivity index (χ4v) is 1.66. The summed E-state index contributed by atoms with van der Waals surface area (Å²) in [6.45, 7) is 3.47. The molecule has 1 aromatic carbocycles. The van der Waals surface area contributed by atoms with E-state index in [1.807, 2.05) is 0 Å². The molecule has 2 rings (SSSR count). The Bertz CT molecular complexity index is 590. The highest BCUT2D eigenvalue weighted by molar-refractivity contribution is 5.66. The van der Waals surface area contributed by atoms with Crippen molar-refractivity contribution in [2.24, 2.45) is 0 Å². The molecule has 0 spiro atoms. The molecule has 1 heterocycles. The van der Waals surface area contributed by atoms with Gasteiger partial charge in [0.15, 0.2) is 0 Å². The maximum Gasteiger partial charge on any atom is 0.219 e. The Labute approximate surface area is 102 Å². The maximum atomic E-state index is 14.0. The van der Waals surface area contributed by atoms with Crippen molar-refractivity contribution in [1.29, 1.82) is 0 Å². The zero-order valence-corrected chi connectivity index (χ0v) is 9.92. The first-order valence-corrected chi connectivity index (χ1v) is 5.39. The topological polar surface area (TPSA) is 43.8 Å². The molecule has 0 aliphatic rings. The van der Waals surface area contributed by atoms with Crippen LogP contribution in [0.3, 0.4) is 0 Å². The van der Waals surface area contributed by atoms with Crippen LogP contribution in [0.25, 0.3) is 11.1 Å². The second-order valence-electron chi connectivity index (χ2n) is 4.24. The largest absolute Gasteiger partial charge is 0.396 e. The summed E-state index contributed by atoms with van der Waals surface area (Å²) >= 11 is 0. The molecular weight excluding hydrogens is 243 g/mol. The third-order valence-electron chi connectivity index (χ3n) is 2.60. The van der Waals surface area contributed by atoms with Crippen molar-refractivity contribution in [3.8, 4) is 11.1 Å². The number of anilines is 1. The van der Waals surface area contributed by atoms with E-state index in [2.05, 4.69) is 5.10 Å². The number of nitrogen functional groups attached to an aromatic ring is 1. The number of hydrogen-bond donors (Lipinski definition) is 1. The number of nitrogens with zero attached hydrogens (tertiary/aromatic N) is 2. The number of halogens is 3. The quantitative estimate of drug-likeness (QED) is 0.838. The Morgan fingerprint density at radius 2 is 1.78 bits per heavy atom. The molecule has 18 heavy (non-hydrogen) atoms. The zero-order valence-electron chi connectivity index (χ0n) is 9.92. The average molecular weight is 255 g/mol. The van der Waals surface area contributed by atoms with E-state index in [9.17, 15) is 13.2 Å². The third-order valence-corrected chi connectivity index (χ3v) is 2.60. The number of rotatable bonds is 2. The van der Waals surface area contributed by atoms with Crippen LogP contribution in [-0.4, -0.2) is 9.78 Å². The lowest BCUT2D eigenvalue weighted by molar-refractivity contribution is 0.417. The lowest BCUT2D eigenvalue weighted by atomic mass is 10.1. The minimum Gasteiger partial charge on any atom is -0.396 e. The first-order chi connectivity index (χ1) is 8.41. The Morgan fingerprint density at radius 3 is 2.33 bits per heavy atom. The fourth-order valence-electron chi connectivity index (χ4n) is 1.66. The van der Waals surface area contributed by atoms with Crippen LogP contribution >= 0.6 is 0 Å². The standard InChI is InChI=1S/C12H12F3N3/c1-6(2)18-12(15)8(5-17-18)7-3-10(14)11(16)4-9(7)13/h3-6H,16H2,1-2H3. The third kappa shape index (κ3) is 1.94. The van der Waals surface area contributed by atoms with E-state index >= 15 is 0 Å². The van der Waals surface area contributed by atoms with Gasteiger partial charge in [0.05, 0.1) is 17.4 Å². The van der Waals surface area contributed by atoms with Crippen molar-refractivity contribution in [3.05, 3.63) is 35.9 Å². The molecule has 2 N–H and O–H groups in total. The smallest absolute Gasteiger partial charge is 0.219 e. The number of nitrogens with two attached hydrogens (primary N) is 1. The Balaban J connectivity index is 2.59. The predicted molar refractivity (Wildman–Crippen MR) is 62.3 cm³/mol. The molecule has 0 radical (unpaired) electrons. The van der Waals surface area contributed by atoms with Crippen LogP contribution in [0.4, 0.5) is 18.9 Å². The normalized spacial score (nSPS) is 11.2. The van der Waals surface area contributed by atoms with Gasteiger partial charge in [0.2, 0.25) is 5.95 Å². The van der Waals surface area contributed by atoms with Crippen LogP contribution in [0.5, 0.6) is 0 Å². The van der Waals surface area contributed by atoms with Crippen molar-refractivity contribution in [1.82, 2.24) is 9.78 Å². The van der Waals surface area contributed by atoms with E-state index in [0.717, 1.165) is 16.8 Å². The summed E-state index contributed by atoms with van der Waals surface area (Å²) in [6, 6.07) is 1.49. The van der Waals surface area contributed by atoms with E-state index in [1.165, 1.54) is 6.20 Å². The van der Waals surface area contributed by atoms with Gasteiger partial charge in [-0.2, -0.15) is 9.49 Å². The molecule has 0 aliphatic carbocycles. The SMILES string of the molecule is CC(C)n1ncc(-c2cc(F)c(N)cc2F)c1F. The van der Waals surface area contributed by atoms with Gasteiger partial charge in [-0.05, 0) is 19.9 Å². The minimum absolute atomic E-state index is 0.0832. The van der Waals surface area contributed by atoms with E-state index in [1.54, 1.807) is 13.8 Å². The van der Waals surface area contributed by atoms with Gasteiger partial charge in [-0.3, -0.25) is 0 Å². The van der Waals surface area contributed by atoms with Gasteiger partial charge >= 0.3 is 0 Å². The molecule has 0 bridgehead atoms. The van der Waals surface area contributed by atoms with Crippen LogP contribution in [-0.2, 0) is 0 Å². The van der Waals surface area contributed by atoms with Crippen LogP contribution in [0.2, 0.25) is 0 Å². The van der Waals surface area contributed by atoms with Gasteiger partial charge in [-0.1, -0.05) is 0 Å². The monoisotopic (exact) mass is 255 g/mol. The lowest BCUT2D eigenvalue weighted by Gasteiger charge is -2.07. The zero-order chi connectivity index (χ0) is 13.4. The second kappa shape index (κ2) is 4.36. The molecule has 2 aromatic rings. The first kappa shape index (κ1) is 12.5. The van der Waals surface area contributed by atoms with Gasteiger partial charge < -0.3 is 5.73 Å². The highest BCUT2D eigenvalue weighted by Gasteiger charge is 2.18. The van der Waals surface area contributed by atoms with E-state index in [-0.39, 0.29) is 22.9 Å². The lowest BCUT2D eigenvalue weighted by Crippen LogP contribution is -2.05. The number of benzene rings is 1. The minimum atomic E-state index is -0.789. The van der Waals surface area contributed by atoms with Gasteiger partial charge in [0.1, 0.15) is 11.6 Å². The molecule has 0 fully saturated rings. The van der Waals surface area contributed by atoms with Gasteiger partial charge in [0, 0.05) is 17.7 Å². The van der Waals surface area contributed by atoms with Crippen LogP contribution in [0, 0.1) is 17.6 Å². The van der Waals surface area contributed by atoms with Gasteiger partial charge in [-0.25, -0.2) is 13.5 Å². The molecule has 3 nitrogen and oxygen atoms in total. The Morgan fingerprint density at radius 1 is 1.11 bits per heavy atom. The van der Waals surface area contributed by atoms with Crippen molar-refractivity contribution in [2.75, 3.05) is 5.73 Å². The number of aromatic nitrogens is 2. The summed E-state index contributed by atoms with van der Waals surface area (Å²) in [5.41, 5.74) is 4.65. The second-order valence-corrected chi connectivity index (χ2v) is 4.24. The fraction of sp³-hybridized carbons (Fsp3) is 0.250. The maximum absolute atomic E-state index is 14.0. The molecule has 0 saturated heterocycles. The van der Waals surface area contributed by atoms with E-state index < -0.39 is 17.6 Å². The predicted octanol–water partition coefficient (Wildman–Crippen LogP) is 3.13. The summed E-state index contributed by atoms with van der Waals surface area (Å²) in [7, 11) is 0. The van der Waals surface area contributed by atoms with Crippen LogP contribution in [0.1, 0.15) is 19.9 Å². The molecule has 1 aromatic heterocycles. The van der Waals surface area contributed by atoms with Crippen molar-refractivity contribution in [3.63, 3.8) is 0 Å². The van der Waals surface area contributed by atoms with Crippen LogP contribution in [0.15, 0.2) is 18.3 Å². The Hall–Kier alpha value is -1.98. The van der Waals surface area contributed by atoms with Gasteiger partial charge in [0.25, 0.3) is 0 Å². The highest BCUT2D eigenvalue weighted by Crippen LogP contribution is 2.29. The summed E-state index contributed by atoms with van der Waals surface area (Å²) < 4.78 is 42.0. The van der Waals surface area contributed by atoms with Crippen molar-refractivity contribution < 1.29 is 13.2 Å². The summed E-state index contributed by atoms with van der Waals surface area (Å²) in [5, 5.41) is 3.81. The molecule has 96 valence electrons. The summed E-state index contributed by atoms with van der Waals surface area (Å²) in [5.74, 6) is -2.27. The van der Waals surface area contributed by atoms with E-state index in [0.29, 0.717) is 0 Å². The van der Waals surface area contributed by atoms with E-state index in [4.69, 9.17) is 5.73 Å². The summed E-state index contributed by atoms with van der Waals surface area (Å²) in [4.78, 5) is 0. The van der Waals surface area contributed by atoms with Crippen LogP contribution < -0.4 is 5.73 Å².